The zero-order chi connectivity index (χ0) is 4.83. The van der Waals surface area contributed by atoms with Gasteiger partial charge in [0.25, 0.3) is 0 Å². The molecule has 0 nitrogen and oxygen atoms in total. The summed E-state index contributed by atoms with van der Waals surface area (Å²) in [6.45, 7) is -0.175. The van der Waals surface area contributed by atoms with Crippen LogP contribution in [-0.2, 0) is 0 Å². The van der Waals surface area contributed by atoms with Crippen molar-refractivity contribution in [2.24, 2.45) is 0 Å². The average molecular weight is 155 g/mol. The molecule has 6 heavy (non-hydrogen) atoms. The summed E-state index contributed by atoms with van der Waals surface area (Å²) < 4.78 is 11.2. The van der Waals surface area contributed by atoms with Crippen molar-refractivity contribution in [1.82, 2.24) is 0 Å². The molecule has 0 aromatic carbocycles. The summed E-state index contributed by atoms with van der Waals surface area (Å²) in [4.78, 5) is 0. The zero-order valence-corrected chi connectivity index (χ0v) is 5.17. The molecule has 0 spiro atoms. The van der Waals surface area contributed by atoms with Crippen molar-refractivity contribution in [3.05, 3.63) is 0 Å². The molecule has 0 N–H and O–H groups in total. The summed E-state index contributed by atoms with van der Waals surface area (Å²) in [5.74, 6) is 0. The molecule has 0 saturated heterocycles. The maximum absolute atomic E-state index is 11.2. The molecular formula is C4H8BrF. The van der Waals surface area contributed by atoms with E-state index in [9.17, 15) is 4.39 Å². The van der Waals surface area contributed by atoms with Crippen molar-refractivity contribution >= 4 is 15.9 Å². The number of unbranched alkanes of at least 4 members (excludes halogenated alkanes) is 1. The minimum atomic E-state index is -0.175. The van der Waals surface area contributed by atoms with Crippen LogP contribution >= 0.6 is 15.9 Å². The number of alkyl halides is 2. The van der Waals surface area contributed by atoms with Crippen LogP contribution in [0.5, 0.6) is 0 Å². The van der Waals surface area contributed by atoms with E-state index in [1.807, 2.05) is 0 Å². The molecule has 0 bridgehead atoms. The van der Waals surface area contributed by atoms with E-state index < -0.39 is 0 Å². The lowest BCUT2D eigenvalue weighted by molar-refractivity contribution is 0.470. The van der Waals surface area contributed by atoms with Crippen LogP contribution in [-0.4, -0.2) is 12.0 Å². The second kappa shape index (κ2) is 5.41. The van der Waals surface area contributed by atoms with Crippen LogP contribution in [0.1, 0.15) is 12.8 Å². The van der Waals surface area contributed by atoms with Crippen LogP contribution in [0.2, 0.25) is 0 Å². The van der Waals surface area contributed by atoms with E-state index in [2.05, 4.69) is 15.9 Å². The van der Waals surface area contributed by atoms with Crippen LogP contribution in [0.3, 0.4) is 0 Å². The van der Waals surface area contributed by atoms with E-state index in [-0.39, 0.29) is 6.67 Å². The Bertz CT molecular complexity index is 19.5. The Kier molecular flexibility index (Phi) is 5.78. The molecule has 0 aromatic rings. The highest BCUT2D eigenvalue weighted by molar-refractivity contribution is 9.09. The fourth-order valence-corrected chi connectivity index (χ4v) is 0.585. The van der Waals surface area contributed by atoms with Crippen LogP contribution < -0.4 is 0 Å². The molecule has 2 heteroatoms. The lowest BCUT2D eigenvalue weighted by Gasteiger charge is -1.82. The third-order valence-electron chi connectivity index (χ3n) is 0.517. The quantitative estimate of drug-likeness (QED) is 0.432. The summed E-state index contributed by atoms with van der Waals surface area (Å²) >= 11 is 3.18. The van der Waals surface area contributed by atoms with Gasteiger partial charge in [-0.05, 0) is 12.8 Å². The van der Waals surface area contributed by atoms with Crippen molar-refractivity contribution < 1.29 is 4.39 Å². The molecule has 0 aliphatic rings. The van der Waals surface area contributed by atoms with Crippen LogP contribution in [0.4, 0.5) is 4.39 Å². The first-order valence-electron chi connectivity index (χ1n) is 2.03. The second-order valence-electron chi connectivity index (χ2n) is 1.09. The Morgan fingerprint density at radius 1 is 1.33 bits per heavy atom. The average Bonchev–Trinajstić information content (AvgIpc) is 1.61. The van der Waals surface area contributed by atoms with Gasteiger partial charge in [0.2, 0.25) is 0 Å². The molecule has 0 aliphatic heterocycles. The minimum absolute atomic E-state index is 0.175. The van der Waals surface area contributed by atoms with Crippen LogP contribution in [0, 0.1) is 0 Å². The molecule has 0 fully saturated rings. The van der Waals surface area contributed by atoms with Gasteiger partial charge in [0.15, 0.2) is 0 Å². The van der Waals surface area contributed by atoms with Crippen molar-refractivity contribution in [2.75, 3.05) is 12.0 Å². The Labute approximate surface area is 45.9 Å². The van der Waals surface area contributed by atoms with Gasteiger partial charge in [-0.15, -0.1) is 0 Å². The monoisotopic (exact) mass is 154 g/mol. The number of halogens is 2. The maximum atomic E-state index is 11.2. The van der Waals surface area contributed by atoms with E-state index in [0.717, 1.165) is 11.8 Å². The van der Waals surface area contributed by atoms with E-state index in [0.29, 0.717) is 6.42 Å². The van der Waals surface area contributed by atoms with E-state index in [4.69, 9.17) is 0 Å². The van der Waals surface area contributed by atoms with Crippen molar-refractivity contribution in [3.63, 3.8) is 0 Å². The molecule has 0 rings (SSSR count). The topological polar surface area (TPSA) is 0 Å². The SMILES string of the molecule is FCCCCBr. The smallest absolute Gasteiger partial charge is 0.0894 e. The molecule has 0 radical (unpaired) electrons. The van der Waals surface area contributed by atoms with Crippen LogP contribution in [0.25, 0.3) is 0 Å². The molecule has 0 saturated carbocycles. The number of hydrogen-bond acceptors (Lipinski definition) is 0. The lowest BCUT2D eigenvalue weighted by Crippen LogP contribution is -1.75. The number of hydrogen-bond donors (Lipinski definition) is 0. The highest BCUT2D eigenvalue weighted by Crippen LogP contribution is 1.92. The highest BCUT2D eigenvalue weighted by atomic mass is 79.9. The van der Waals surface area contributed by atoms with E-state index in [1.165, 1.54) is 0 Å². The molecule has 0 aliphatic carbocycles. The summed E-state index contributed by atoms with van der Waals surface area (Å²) in [6.07, 6.45) is 1.65. The molecule has 38 valence electrons. The van der Waals surface area contributed by atoms with Crippen molar-refractivity contribution in [3.8, 4) is 0 Å². The zero-order valence-electron chi connectivity index (χ0n) is 3.58. The van der Waals surface area contributed by atoms with Gasteiger partial charge < -0.3 is 0 Å². The largest absolute Gasteiger partial charge is 0.251 e. The molecule has 0 unspecified atom stereocenters. The Hall–Kier alpha value is 0.410. The second-order valence-corrected chi connectivity index (χ2v) is 1.88. The third-order valence-corrected chi connectivity index (χ3v) is 1.08. The Morgan fingerprint density at radius 3 is 2.17 bits per heavy atom. The van der Waals surface area contributed by atoms with Gasteiger partial charge in [-0.3, -0.25) is 4.39 Å². The summed E-state index contributed by atoms with van der Waals surface area (Å²) in [5.41, 5.74) is 0. The van der Waals surface area contributed by atoms with Gasteiger partial charge in [0, 0.05) is 5.33 Å². The minimum Gasteiger partial charge on any atom is -0.251 e. The van der Waals surface area contributed by atoms with Crippen molar-refractivity contribution in [2.45, 2.75) is 12.8 Å². The summed E-state index contributed by atoms with van der Waals surface area (Å²) in [7, 11) is 0. The van der Waals surface area contributed by atoms with Gasteiger partial charge in [0.05, 0.1) is 6.67 Å². The highest BCUT2D eigenvalue weighted by Gasteiger charge is 1.79. The third kappa shape index (κ3) is 4.41. The normalized spacial score (nSPS) is 9.00. The molecule has 0 atom stereocenters. The standard InChI is InChI=1S/C4H8BrF/c5-3-1-2-4-6/h1-4H2. The fraction of sp³-hybridized carbons (Fsp3) is 1.00. The molecule has 0 amide bonds. The van der Waals surface area contributed by atoms with Crippen molar-refractivity contribution in [1.29, 1.82) is 0 Å². The summed E-state index contributed by atoms with van der Waals surface area (Å²) in [5, 5.41) is 0.928. The number of rotatable bonds is 3. The van der Waals surface area contributed by atoms with Gasteiger partial charge in [-0.25, -0.2) is 0 Å². The Balaban J connectivity index is 2.34. The summed E-state index contributed by atoms with van der Waals surface area (Å²) in [6, 6.07) is 0. The molecule has 0 heterocycles. The first kappa shape index (κ1) is 6.41. The first-order chi connectivity index (χ1) is 2.91. The lowest BCUT2D eigenvalue weighted by atomic mass is 10.4. The van der Waals surface area contributed by atoms with E-state index >= 15 is 0 Å². The van der Waals surface area contributed by atoms with E-state index in [1.54, 1.807) is 0 Å². The maximum Gasteiger partial charge on any atom is 0.0894 e. The van der Waals surface area contributed by atoms with Gasteiger partial charge >= 0.3 is 0 Å². The Morgan fingerprint density at radius 2 is 2.00 bits per heavy atom. The van der Waals surface area contributed by atoms with Gasteiger partial charge in [-0.2, -0.15) is 0 Å². The molecular weight excluding hydrogens is 147 g/mol. The van der Waals surface area contributed by atoms with Crippen LogP contribution in [0.15, 0.2) is 0 Å². The predicted octanol–water partition coefficient (Wildman–Crippen LogP) is 2.13. The predicted molar refractivity (Wildman–Crippen MR) is 29.0 cm³/mol. The fourth-order valence-electron chi connectivity index (χ4n) is 0.189. The van der Waals surface area contributed by atoms with Gasteiger partial charge in [-0.1, -0.05) is 15.9 Å². The van der Waals surface area contributed by atoms with Gasteiger partial charge in [0.1, 0.15) is 0 Å². The molecule has 0 aromatic heterocycles. The first-order valence-corrected chi connectivity index (χ1v) is 3.16.